The monoisotopic (exact) mass is 231 g/mol. The number of quaternary nitrogens is 1. The van der Waals surface area contributed by atoms with Crippen molar-refractivity contribution in [1.82, 2.24) is 0 Å². The van der Waals surface area contributed by atoms with Gasteiger partial charge in [0, 0.05) is 19.3 Å². The summed E-state index contributed by atoms with van der Waals surface area (Å²) in [5.41, 5.74) is 1.31. The molecule has 0 atom stereocenters. The molecule has 2 heteroatoms. The van der Waals surface area contributed by atoms with E-state index in [2.05, 4.69) is 22.2 Å². The summed E-state index contributed by atoms with van der Waals surface area (Å²) >= 11 is 0. The van der Waals surface area contributed by atoms with Gasteiger partial charge in [0.2, 0.25) is 0 Å². The molecule has 92 valence electrons. The van der Waals surface area contributed by atoms with Gasteiger partial charge >= 0.3 is 0 Å². The molecule has 0 aromatic rings. The summed E-state index contributed by atoms with van der Waals surface area (Å²) < 4.78 is 0. The Labute approximate surface area is 105 Å². The average Bonchev–Trinajstić information content (AvgIpc) is 2.88. The summed E-state index contributed by atoms with van der Waals surface area (Å²) in [6, 6.07) is 0. The molecule has 0 saturated heterocycles. The van der Waals surface area contributed by atoms with Crippen LogP contribution in [0, 0.1) is 17.8 Å². The van der Waals surface area contributed by atoms with Crippen molar-refractivity contribution in [3.63, 3.8) is 0 Å². The molecular formula is C15H23N2+. The Bertz CT molecular complexity index is 338. The molecule has 0 unspecified atom stereocenters. The highest BCUT2D eigenvalue weighted by atomic mass is 15.0. The third-order valence-corrected chi connectivity index (χ3v) is 3.68. The maximum Gasteiger partial charge on any atom is 0.191 e. The Morgan fingerprint density at radius 2 is 2.00 bits per heavy atom. The van der Waals surface area contributed by atoms with Crippen molar-refractivity contribution < 1.29 is 5.32 Å². The Morgan fingerprint density at radius 1 is 1.18 bits per heavy atom. The molecule has 0 spiro atoms. The molecule has 0 aromatic carbocycles. The molecule has 1 fully saturated rings. The van der Waals surface area contributed by atoms with Crippen LogP contribution in [0.5, 0.6) is 0 Å². The summed E-state index contributed by atoms with van der Waals surface area (Å²) in [5, 5.41) is 2.07. The molecule has 0 radical (unpaired) electrons. The summed E-state index contributed by atoms with van der Waals surface area (Å²) in [6.07, 6.45) is 15.5. The third kappa shape index (κ3) is 4.75. The minimum Gasteiger partial charge on any atom is -0.274 e. The second kappa shape index (κ2) is 7.29. The predicted molar refractivity (Wildman–Crippen MR) is 71.3 cm³/mol. The summed E-state index contributed by atoms with van der Waals surface area (Å²) in [4.78, 5) is 4.05. The van der Waals surface area contributed by atoms with Gasteiger partial charge in [-0.1, -0.05) is 32.1 Å². The second-order valence-corrected chi connectivity index (χ2v) is 5.07. The Hall–Kier alpha value is -1.07. The van der Waals surface area contributed by atoms with E-state index < -0.39 is 0 Å². The first kappa shape index (κ1) is 12.4. The van der Waals surface area contributed by atoms with Crippen LogP contribution in [-0.4, -0.2) is 6.34 Å². The van der Waals surface area contributed by atoms with Gasteiger partial charge in [0.05, 0.1) is 6.20 Å². The van der Waals surface area contributed by atoms with Crippen LogP contribution in [0.15, 0.2) is 16.9 Å². The smallest absolute Gasteiger partial charge is 0.191 e. The number of aliphatic imine (C=N–C) groups is 1. The van der Waals surface area contributed by atoms with E-state index in [4.69, 9.17) is 0 Å². The lowest BCUT2D eigenvalue weighted by atomic mass is 9.86. The number of rotatable bonds is 4. The van der Waals surface area contributed by atoms with Crippen LogP contribution in [0.2, 0.25) is 0 Å². The first-order valence-electron chi connectivity index (χ1n) is 6.96. The van der Waals surface area contributed by atoms with Crippen LogP contribution >= 0.6 is 0 Å². The average molecular weight is 231 g/mol. The van der Waals surface area contributed by atoms with E-state index in [0.29, 0.717) is 0 Å². The molecule has 1 heterocycles. The van der Waals surface area contributed by atoms with Gasteiger partial charge in [-0.3, -0.25) is 5.32 Å². The van der Waals surface area contributed by atoms with Crippen molar-refractivity contribution in [2.24, 2.45) is 10.9 Å². The number of hydrogen-bond donors (Lipinski definition) is 1. The van der Waals surface area contributed by atoms with Gasteiger partial charge in [-0.25, -0.2) is 4.99 Å². The van der Waals surface area contributed by atoms with Gasteiger partial charge in [0.25, 0.3) is 0 Å². The van der Waals surface area contributed by atoms with E-state index in [-0.39, 0.29) is 0 Å². The standard InChI is InChI=1S/C15H22N2/c1(2-7-11-15-12-16-13-17-15)4-8-14-9-5-3-6-10-14/h12-14H,3-11H2,(H,16,17)/p+1. The number of nitrogens with zero attached hydrogens (tertiary/aromatic N) is 1. The molecular weight excluding hydrogens is 208 g/mol. The zero-order chi connectivity index (χ0) is 11.8. The van der Waals surface area contributed by atoms with Crippen LogP contribution in [-0.2, 0) is 0 Å². The van der Waals surface area contributed by atoms with E-state index >= 15 is 0 Å². The van der Waals surface area contributed by atoms with Crippen molar-refractivity contribution in [2.45, 2.75) is 57.8 Å². The van der Waals surface area contributed by atoms with Crippen LogP contribution in [0.25, 0.3) is 0 Å². The van der Waals surface area contributed by atoms with E-state index in [0.717, 1.165) is 25.2 Å². The molecule has 2 rings (SSSR count). The topological polar surface area (TPSA) is 29.0 Å². The Morgan fingerprint density at radius 3 is 2.76 bits per heavy atom. The fourth-order valence-electron chi connectivity index (χ4n) is 2.60. The number of allylic oxidation sites excluding steroid dienone is 1. The van der Waals surface area contributed by atoms with E-state index in [1.807, 2.05) is 12.5 Å². The summed E-state index contributed by atoms with van der Waals surface area (Å²) in [5.74, 6) is 7.58. The first-order valence-corrected chi connectivity index (χ1v) is 6.96. The Balaban J connectivity index is 1.52. The Kier molecular flexibility index (Phi) is 5.32. The number of nitrogens with two attached hydrogens (primary N) is 1. The van der Waals surface area contributed by atoms with Crippen LogP contribution < -0.4 is 5.32 Å². The highest BCUT2D eigenvalue weighted by molar-refractivity contribution is 5.47. The van der Waals surface area contributed by atoms with Crippen molar-refractivity contribution >= 4 is 6.34 Å². The highest BCUT2D eigenvalue weighted by Crippen LogP contribution is 2.26. The van der Waals surface area contributed by atoms with Gasteiger partial charge in [-0.2, -0.15) is 0 Å². The lowest BCUT2D eigenvalue weighted by Gasteiger charge is -2.20. The predicted octanol–water partition coefficient (Wildman–Crippen LogP) is 2.58. The highest BCUT2D eigenvalue weighted by Gasteiger charge is 2.11. The van der Waals surface area contributed by atoms with Crippen molar-refractivity contribution in [3.8, 4) is 11.8 Å². The van der Waals surface area contributed by atoms with Gasteiger partial charge in [0.15, 0.2) is 6.34 Å². The van der Waals surface area contributed by atoms with Crippen LogP contribution in [0.1, 0.15) is 57.8 Å². The molecule has 1 aliphatic heterocycles. The van der Waals surface area contributed by atoms with Gasteiger partial charge in [-0.15, -0.1) is 11.8 Å². The molecule has 0 aromatic heterocycles. The molecule has 17 heavy (non-hydrogen) atoms. The summed E-state index contributed by atoms with van der Waals surface area (Å²) in [7, 11) is 0. The van der Waals surface area contributed by atoms with Crippen LogP contribution in [0.3, 0.4) is 0 Å². The van der Waals surface area contributed by atoms with Gasteiger partial charge < -0.3 is 0 Å². The normalized spacial score (nSPS) is 19.9. The van der Waals surface area contributed by atoms with Crippen molar-refractivity contribution in [1.29, 1.82) is 0 Å². The minimum atomic E-state index is 0.970. The zero-order valence-electron chi connectivity index (χ0n) is 10.6. The maximum atomic E-state index is 4.05. The largest absolute Gasteiger partial charge is 0.274 e. The lowest BCUT2D eigenvalue weighted by Crippen LogP contribution is -2.78. The molecule has 1 saturated carbocycles. The SMILES string of the molecule is C(#CCCC1CCCCC1)CCC1=CN=C[NH2+]1. The third-order valence-electron chi connectivity index (χ3n) is 3.68. The van der Waals surface area contributed by atoms with E-state index in [1.54, 1.807) is 0 Å². The molecule has 0 bridgehead atoms. The minimum absolute atomic E-state index is 0.970. The second-order valence-electron chi connectivity index (χ2n) is 5.07. The fraction of sp³-hybridized carbons (Fsp3) is 0.667. The van der Waals surface area contributed by atoms with E-state index in [1.165, 1.54) is 44.2 Å². The van der Waals surface area contributed by atoms with Gasteiger partial charge in [0.1, 0.15) is 5.70 Å². The molecule has 2 N–H and O–H groups in total. The van der Waals surface area contributed by atoms with Crippen molar-refractivity contribution in [3.05, 3.63) is 11.9 Å². The molecule has 0 amide bonds. The maximum absolute atomic E-state index is 4.05. The van der Waals surface area contributed by atoms with E-state index in [9.17, 15) is 0 Å². The van der Waals surface area contributed by atoms with Crippen molar-refractivity contribution in [2.75, 3.05) is 0 Å². The number of hydrogen-bond acceptors (Lipinski definition) is 1. The zero-order valence-corrected chi connectivity index (χ0v) is 10.6. The van der Waals surface area contributed by atoms with Gasteiger partial charge in [-0.05, 0) is 12.3 Å². The van der Waals surface area contributed by atoms with Crippen LogP contribution in [0.4, 0.5) is 0 Å². The summed E-state index contributed by atoms with van der Waals surface area (Å²) in [6.45, 7) is 0. The quantitative estimate of drug-likeness (QED) is 0.721. The first-order chi connectivity index (χ1) is 8.45. The molecule has 1 aliphatic carbocycles. The molecule has 2 nitrogen and oxygen atoms in total. The molecule has 2 aliphatic rings. The lowest BCUT2D eigenvalue weighted by molar-refractivity contribution is -0.472. The fourth-order valence-corrected chi connectivity index (χ4v) is 2.60.